The molecule has 3 N–H and O–H groups in total. The van der Waals surface area contributed by atoms with Gasteiger partial charge in [-0.2, -0.15) is 0 Å². The molecule has 0 bridgehead atoms. The Labute approximate surface area is 128 Å². The molecule has 1 fully saturated rings. The molecule has 0 aliphatic carbocycles. The van der Waals surface area contributed by atoms with E-state index in [4.69, 9.17) is 0 Å². The van der Waals surface area contributed by atoms with Crippen LogP contribution in [0.3, 0.4) is 0 Å². The van der Waals surface area contributed by atoms with Crippen LogP contribution in [0.5, 0.6) is 0 Å². The molecule has 1 unspecified atom stereocenters. The van der Waals surface area contributed by atoms with E-state index in [0.717, 1.165) is 18.4 Å². The summed E-state index contributed by atoms with van der Waals surface area (Å²) in [4.78, 5) is 35.1. The largest absolute Gasteiger partial charge is 0.480 e. The van der Waals surface area contributed by atoms with E-state index in [1.165, 1.54) is 0 Å². The highest BCUT2D eigenvalue weighted by molar-refractivity contribution is 5.90. The minimum Gasteiger partial charge on any atom is -0.480 e. The van der Waals surface area contributed by atoms with E-state index in [-0.39, 0.29) is 12.3 Å². The van der Waals surface area contributed by atoms with E-state index in [9.17, 15) is 19.5 Å². The maximum absolute atomic E-state index is 12.2. The number of hydrogen-bond donors (Lipinski definition) is 3. The van der Waals surface area contributed by atoms with Crippen LogP contribution in [0.4, 0.5) is 0 Å². The third-order valence-corrected chi connectivity index (χ3v) is 3.70. The first-order valence-corrected chi connectivity index (χ1v) is 7.42. The summed E-state index contributed by atoms with van der Waals surface area (Å²) in [7, 11) is 0. The molecule has 2 rings (SSSR count). The van der Waals surface area contributed by atoms with Crippen LogP contribution in [0.1, 0.15) is 31.2 Å². The summed E-state index contributed by atoms with van der Waals surface area (Å²) in [5.74, 6) is -1.68. The lowest BCUT2D eigenvalue weighted by Crippen LogP contribution is -2.51. The van der Waals surface area contributed by atoms with Crippen molar-refractivity contribution in [1.29, 1.82) is 0 Å². The van der Waals surface area contributed by atoms with Crippen molar-refractivity contribution in [2.75, 3.05) is 0 Å². The summed E-state index contributed by atoms with van der Waals surface area (Å²) in [6.45, 7) is 0. The predicted molar refractivity (Wildman–Crippen MR) is 80.1 cm³/mol. The lowest BCUT2D eigenvalue weighted by atomic mass is 10.0. The first-order valence-electron chi connectivity index (χ1n) is 7.42. The minimum absolute atomic E-state index is 0.160. The molecular formula is C16H20N2O4. The van der Waals surface area contributed by atoms with Gasteiger partial charge in [-0.25, -0.2) is 4.79 Å². The first-order chi connectivity index (χ1) is 10.6. The molecule has 118 valence electrons. The number of rotatable bonds is 5. The summed E-state index contributed by atoms with van der Waals surface area (Å²) in [6.07, 6.45) is 2.68. The zero-order chi connectivity index (χ0) is 15.9. The first kappa shape index (κ1) is 16.0. The summed E-state index contributed by atoms with van der Waals surface area (Å²) >= 11 is 0. The molecule has 0 aromatic heterocycles. The highest BCUT2D eigenvalue weighted by atomic mass is 16.4. The normalized spacial score (nSPS) is 19.6. The van der Waals surface area contributed by atoms with E-state index in [0.29, 0.717) is 12.8 Å². The Kier molecular flexibility index (Phi) is 5.52. The van der Waals surface area contributed by atoms with Crippen molar-refractivity contribution in [3.63, 3.8) is 0 Å². The van der Waals surface area contributed by atoms with Crippen molar-refractivity contribution < 1.29 is 19.5 Å². The third kappa shape index (κ3) is 4.58. The molecule has 0 radical (unpaired) electrons. The zero-order valence-electron chi connectivity index (χ0n) is 12.2. The van der Waals surface area contributed by atoms with Gasteiger partial charge in [-0.05, 0) is 18.4 Å². The number of carbonyl (C=O) groups is 3. The standard InChI is InChI=1S/C16H20N2O4/c19-14-9-5-4-8-12(17-14)15(20)18-13(16(21)22)10-11-6-2-1-3-7-11/h1-3,6-7,12-13H,4-5,8-10H2,(H,17,19)(H,18,20)(H,21,22)/t12?,13-/m1/s1. The number of carbonyl (C=O) groups excluding carboxylic acids is 2. The maximum Gasteiger partial charge on any atom is 0.326 e. The van der Waals surface area contributed by atoms with E-state index in [1.807, 2.05) is 30.3 Å². The Morgan fingerprint density at radius 1 is 1.27 bits per heavy atom. The van der Waals surface area contributed by atoms with Crippen LogP contribution in [0, 0.1) is 0 Å². The minimum atomic E-state index is -1.09. The summed E-state index contributed by atoms with van der Waals surface area (Å²) < 4.78 is 0. The van der Waals surface area contributed by atoms with Gasteiger partial charge in [0.2, 0.25) is 11.8 Å². The van der Waals surface area contributed by atoms with Crippen LogP contribution in [-0.2, 0) is 20.8 Å². The van der Waals surface area contributed by atoms with Crippen LogP contribution in [-0.4, -0.2) is 35.0 Å². The highest BCUT2D eigenvalue weighted by Crippen LogP contribution is 2.10. The number of carboxylic acid groups (broad SMARTS) is 1. The summed E-state index contributed by atoms with van der Waals surface area (Å²) in [6, 6.07) is 7.47. The molecule has 1 heterocycles. The number of amides is 2. The van der Waals surface area contributed by atoms with E-state index >= 15 is 0 Å². The lowest BCUT2D eigenvalue weighted by molar-refractivity contribution is -0.142. The predicted octanol–water partition coefficient (Wildman–Crippen LogP) is 0.857. The van der Waals surface area contributed by atoms with Gasteiger partial charge in [0.1, 0.15) is 12.1 Å². The van der Waals surface area contributed by atoms with E-state index in [2.05, 4.69) is 10.6 Å². The van der Waals surface area contributed by atoms with Crippen molar-refractivity contribution in [3.05, 3.63) is 35.9 Å². The molecule has 1 aliphatic heterocycles. The summed E-state index contributed by atoms with van der Waals surface area (Å²) in [5, 5.41) is 14.5. The van der Waals surface area contributed by atoms with Gasteiger partial charge in [-0.15, -0.1) is 0 Å². The Bertz CT molecular complexity index is 544. The Morgan fingerprint density at radius 2 is 2.00 bits per heavy atom. The SMILES string of the molecule is O=C1CCCCC(C(=O)N[C@H](Cc2ccccc2)C(=O)O)N1. The molecule has 1 aromatic carbocycles. The topological polar surface area (TPSA) is 95.5 Å². The van der Waals surface area contributed by atoms with Crippen molar-refractivity contribution in [1.82, 2.24) is 10.6 Å². The molecule has 6 heteroatoms. The van der Waals surface area contributed by atoms with Gasteiger partial charge in [0.15, 0.2) is 0 Å². The van der Waals surface area contributed by atoms with Gasteiger partial charge in [0.05, 0.1) is 0 Å². The number of hydrogen-bond acceptors (Lipinski definition) is 3. The van der Waals surface area contributed by atoms with Crippen LogP contribution >= 0.6 is 0 Å². The van der Waals surface area contributed by atoms with E-state index < -0.39 is 24.0 Å². The second kappa shape index (κ2) is 7.59. The van der Waals surface area contributed by atoms with Crippen molar-refractivity contribution in [2.45, 2.75) is 44.2 Å². The molecule has 1 aromatic rings. The fourth-order valence-electron chi connectivity index (χ4n) is 2.49. The summed E-state index contributed by atoms with van der Waals surface area (Å²) in [5.41, 5.74) is 0.833. The van der Waals surface area contributed by atoms with E-state index in [1.54, 1.807) is 0 Å². The average molecular weight is 304 g/mol. The van der Waals surface area contributed by atoms with Gasteiger partial charge in [-0.1, -0.05) is 36.8 Å². The van der Waals surface area contributed by atoms with Crippen LogP contribution < -0.4 is 10.6 Å². The second-order valence-electron chi connectivity index (χ2n) is 5.46. The van der Waals surface area contributed by atoms with Crippen molar-refractivity contribution in [2.24, 2.45) is 0 Å². The molecule has 2 atom stereocenters. The molecule has 0 saturated carbocycles. The third-order valence-electron chi connectivity index (χ3n) is 3.70. The Balaban J connectivity index is 1.99. The fraction of sp³-hybridized carbons (Fsp3) is 0.438. The smallest absolute Gasteiger partial charge is 0.326 e. The molecule has 0 spiro atoms. The quantitative estimate of drug-likeness (QED) is 0.751. The highest BCUT2D eigenvalue weighted by Gasteiger charge is 2.27. The number of aliphatic carboxylic acids is 1. The zero-order valence-corrected chi connectivity index (χ0v) is 12.2. The average Bonchev–Trinajstić information content (AvgIpc) is 2.72. The van der Waals surface area contributed by atoms with Gasteiger partial charge in [0, 0.05) is 12.8 Å². The molecule has 2 amide bonds. The molecule has 1 aliphatic rings. The van der Waals surface area contributed by atoms with Gasteiger partial charge in [0.25, 0.3) is 0 Å². The Hall–Kier alpha value is -2.37. The van der Waals surface area contributed by atoms with Gasteiger partial charge in [-0.3, -0.25) is 9.59 Å². The molecular weight excluding hydrogens is 284 g/mol. The van der Waals surface area contributed by atoms with Crippen molar-refractivity contribution in [3.8, 4) is 0 Å². The van der Waals surface area contributed by atoms with Crippen LogP contribution in [0.25, 0.3) is 0 Å². The van der Waals surface area contributed by atoms with Crippen LogP contribution in [0.15, 0.2) is 30.3 Å². The number of benzene rings is 1. The Morgan fingerprint density at radius 3 is 2.68 bits per heavy atom. The molecule has 1 saturated heterocycles. The lowest BCUT2D eigenvalue weighted by Gasteiger charge is -2.20. The monoisotopic (exact) mass is 304 g/mol. The number of carboxylic acids is 1. The maximum atomic E-state index is 12.2. The van der Waals surface area contributed by atoms with Gasteiger partial charge < -0.3 is 15.7 Å². The van der Waals surface area contributed by atoms with Crippen LogP contribution in [0.2, 0.25) is 0 Å². The van der Waals surface area contributed by atoms with Gasteiger partial charge >= 0.3 is 5.97 Å². The number of nitrogens with one attached hydrogen (secondary N) is 2. The molecule has 6 nitrogen and oxygen atoms in total. The fourth-order valence-corrected chi connectivity index (χ4v) is 2.49. The second-order valence-corrected chi connectivity index (χ2v) is 5.46. The van der Waals surface area contributed by atoms with Crippen molar-refractivity contribution >= 4 is 17.8 Å². The molecule has 22 heavy (non-hydrogen) atoms.